The Labute approximate surface area is 190 Å². The molecule has 162 valence electrons. The van der Waals surface area contributed by atoms with Crippen molar-refractivity contribution in [2.24, 2.45) is 10.2 Å². The third-order valence-corrected chi connectivity index (χ3v) is 4.80. The first-order valence-electron chi connectivity index (χ1n) is 10.2. The molecule has 3 aromatic carbocycles. The highest BCUT2D eigenvalue weighted by atomic mass is 16.5. The van der Waals surface area contributed by atoms with E-state index in [1.165, 1.54) is 7.11 Å². The topological polar surface area (TPSA) is 93.0 Å². The Hall–Kier alpha value is -4.65. The number of hydrogen-bond donors (Lipinski definition) is 1. The third kappa shape index (κ3) is 5.34. The maximum atomic E-state index is 12.7. The fraction of sp³-hybridized carbons (Fsp3) is 0.0385. The highest BCUT2D eigenvalue weighted by Gasteiger charge is 2.13. The minimum atomic E-state index is -0.324. The molecule has 0 saturated heterocycles. The van der Waals surface area contributed by atoms with Crippen LogP contribution in [0.1, 0.15) is 26.3 Å². The van der Waals surface area contributed by atoms with Crippen LogP contribution in [0.3, 0.4) is 0 Å². The zero-order valence-electron chi connectivity index (χ0n) is 17.8. The molecule has 0 bridgehead atoms. The van der Waals surface area contributed by atoms with Crippen molar-refractivity contribution in [3.05, 3.63) is 114 Å². The van der Waals surface area contributed by atoms with Gasteiger partial charge in [0, 0.05) is 29.0 Å². The summed E-state index contributed by atoms with van der Waals surface area (Å²) in [5.41, 5.74) is 2.57. The molecule has 0 saturated carbocycles. The molecule has 4 aromatic rings. The van der Waals surface area contributed by atoms with E-state index in [4.69, 9.17) is 4.74 Å². The third-order valence-electron chi connectivity index (χ3n) is 4.80. The second-order valence-corrected chi connectivity index (χ2v) is 7.00. The molecular formula is C26H20N4O3. The molecular weight excluding hydrogens is 416 g/mol. The Morgan fingerprint density at radius 3 is 2.18 bits per heavy atom. The van der Waals surface area contributed by atoms with Gasteiger partial charge in [0.05, 0.1) is 18.5 Å². The van der Waals surface area contributed by atoms with E-state index in [0.717, 1.165) is 0 Å². The second kappa shape index (κ2) is 10.1. The van der Waals surface area contributed by atoms with Gasteiger partial charge in [-0.3, -0.25) is 9.59 Å². The SMILES string of the molecule is COc1cc(N=Nc2ccccn2)ccc1NC(=O)c1ccc(C(=O)c2ccccc2)cc1. The van der Waals surface area contributed by atoms with Gasteiger partial charge in [0.25, 0.3) is 5.91 Å². The molecule has 0 unspecified atom stereocenters. The molecule has 0 fully saturated rings. The quantitative estimate of drug-likeness (QED) is 0.284. The lowest BCUT2D eigenvalue weighted by molar-refractivity contribution is 0.102. The molecule has 0 aliphatic rings. The molecule has 1 amide bonds. The summed E-state index contributed by atoms with van der Waals surface area (Å²) in [6.07, 6.45) is 1.64. The van der Waals surface area contributed by atoms with Crippen LogP contribution in [0.15, 0.2) is 107 Å². The summed E-state index contributed by atoms with van der Waals surface area (Å²) in [5.74, 6) is 0.509. The second-order valence-electron chi connectivity index (χ2n) is 7.00. The Kier molecular flexibility index (Phi) is 6.61. The number of azo groups is 1. The lowest BCUT2D eigenvalue weighted by Crippen LogP contribution is -2.13. The van der Waals surface area contributed by atoms with Crippen molar-refractivity contribution >= 4 is 28.9 Å². The Balaban J connectivity index is 1.46. The van der Waals surface area contributed by atoms with Gasteiger partial charge in [0.2, 0.25) is 0 Å². The van der Waals surface area contributed by atoms with Crippen molar-refractivity contribution in [2.45, 2.75) is 0 Å². The number of ketones is 1. The molecule has 0 aliphatic heterocycles. The number of nitrogens with zero attached hydrogens (tertiary/aromatic N) is 3. The number of amides is 1. The van der Waals surface area contributed by atoms with E-state index in [9.17, 15) is 9.59 Å². The number of benzene rings is 3. The number of methoxy groups -OCH3 is 1. The van der Waals surface area contributed by atoms with Gasteiger partial charge in [-0.05, 0) is 36.4 Å². The number of nitrogens with one attached hydrogen (secondary N) is 1. The van der Waals surface area contributed by atoms with Gasteiger partial charge < -0.3 is 10.1 Å². The zero-order chi connectivity index (χ0) is 23.0. The first-order chi connectivity index (χ1) is 16.1. The standard InChI is InChI=1S/C26H20N4O3/c1-33-23-17-21(29-30-24-9-5-6-16-27-24)14-15-22(23)28-26(32)20-12-10-19(11-13-20)25(31)18-7-3-2-4-8-18/h2-17H,1H3,(H,28,32). The van der Waals surface area contributed by atoms with Crippen LogP contribution >= 0.6 is 0 Å². The fourth-order valence-electron chi connectivity index (χ4n) is 3.09. The number of rotatable bonds is 7. The molecule has 1 aromatic heterocycles. The van der Waals surface area contributed by atoms with E-state index < -0.39 is 0 Å². The van der Waals surface area contributed by atoms with Gasteiger partial charge in [-0.15, -0.1) is 10.2 Å². The average molecular weight is 436 g/mol. The number of pyridine rings is 1. The smallest absolute Gasteiger partial charge is 0.255 e. The molecule has 0 spiro atoms. The minimum Gasteiger partial charge on any atom is -0.494 e. The highest BCUT2D eigenvalue weighted by molar-refractivity contribution is 6.10. The van der Waals surface area contributed by atoms with E-state index in [2.05, 4.69) is 20.5 Å². The summed E-state index contributed by atoms with van der Waals surface area (Å²) < 4.78 is 5.40. The van der Waals surface area contributed by atoms with E-state index in [1.807, 2.05) is 24.3 Å². The summed E-state index contributed by atoms with van der Waals surface area (Å²) in [6.45, 7) is 0. The van der Waals surface area contributed by atoms with Gasteiger partial charge in [0.1, 0.15) is 5.75 Å². The Morgan fingerprint density at radius 2 is 1.48 bits per heavy atom. The van der Waals surface area contributed by atoms with Crippen LogP contribution in [0.25, 0.3) is 0 Å². The predicted molar refractivity (Wildman–Crippen MR) is 126 cm³/mol. The van der Waals surface area contributed by atoms with Crippen molar-refractivity contribution in [1.82, 2.24) is 4.98 Å². The van der Waals surface area contributed by atoms with E-state index in [-0.39, 0.29) is 11.7 Å². The lowest BCUT2D eigenvalue weighted by Gasteiger charge is -2.11. The first kappa shape index (κ1) is 21.6. The van der Waals surface area contributed by atoms with Gasteiger partial charge in [-0.1, -0.05) is 48.5 Å². The average Bonchev–Trinajstić information content (AvgIpc) is 2.88. The van der Waals surface area contributed by atoms with Gasteiger partial charge in [-0.2, -0.15) is 0 Å². The molecule has 4 rings (SSSR count). The normalized spacial score (nSPS) is 10.7. The Morgan fingerprint density at radius 1 is 0.788 bits per heavy atom. The molecule has 1 heterocycles. The van der Waals surface area contributed by atoms with Crippen LogP contribution in [-0.2, 0) is 0 Å². The number of ether oxygens (including phenoxy) is 1. The number of aromatic nitrogens is 1. The van der Waals surface area contributed by atoms with Crippen molar-refractivity contribution in [1.29, 1.82) is 0 Å². The fourth-order valence-corrected chi connectivity index (χ4v) is 3.09. The van der Waals surface area contributed by atoms with Crippen molar-refractivity contribution in [3.8, 4) is 5.75 Å². The minimum absolute atomic E-state index is 0.0975. The van der Waals surface area contributed by atoms with Gasteiger partial charge >= 0.3 is 0 Å². The first-order valence-corrected chi connectivity index (χ1v) is 10.2. The number of carbonyl (C=O) groups is 2. The van der Waals surface area contributed by atoms with Crippen LogP contribution in [0.2, 0.25) is 0 Å². The number of anilines is 1. The predicted octanol–water partition coefficient (Wildman–Crippen LogP) is 5.99. The maximum absolute atomic E-state index is 12.7. The van der Waals surface area contributed by atoms with Crippen LogP contribution in [0, 0.1) is 0 Å². The van der Waals surface area contributed by atoms with Crippen LogP contribution in [0.5, 0.6) is 5.75 Å². The van der Waals surface area contributed by atoms with Crippen molar-refractivity contribution in [2.75, 3.05) is 12.4 Å². The molecule has 1 N–H and O–H groups in total. The van der Waals surface area contributed by atoms with Crippen molar-refractivity contribution in [3.63, 3.8) is 0 Å². The molecule has 0 atom stereocenters. The summed E-state index contributed by atoms with van der Waals surface area (Å²) in [6, 6.07) is 26.0. The monoisotopic (exact) mass is 436 g/mol. The number of hydrogen-bond acceptors (Lipinski definition) is 6. The van der Waals surface area contributed by atoms with Gasteiger partial charge in [0.15, 0.2) is 11.6 Å². The summed E-state index contributed by atoms with van der Waals surface area (Å²) in [4.78, 5) is 29.4. The van der Waals surface area contributed by atoms with Crippen molar-refractivity contribution < 1.29 is 14.3 Å². The van der Waals surface area contributed by atoms with E-state index in [0.29, 0.717) is 39.6 Å². The summed E-state index contributed by atoms with van der Waals surface area (Å²) >= 11 is 0. The van der Waals surface area contributed by atoms with Crippen LogP contribution in [-0.4, -0.2) is 23.8 Å². The molecule has 0 radical (unpaired) electrons. The van der Waals surface area contributed by atoms with Gasteiger partial charge in [-0.25, -0.2) is 4.98 Å². The Bertz CT molecular complexity index is 1290. The molecule has 0 aliphatic carbocycles. The largest absolute Gasteiger partial charge is 0.494 e. The zero-order valence-corrected chi connectivity index (χ0v) is 17.8. The lowest BCUT2D eigenvalue weighted by atomic mass is 10.0. The highest BCUT2D eigenvalue weighted by Crippen LogP contribution is 2.30. The van der Waals surface area contributed by atoms with E-state index >= 15 is 0 Å². The molecule has 33 heavy (non-hydrogen) atoms. The van der Waals surface area contributed by atoms with E-state index in [1.54, 1.807) is 72.9 Å². The molecule has 7 heteroatoms. The van der Waals surface area contributed by atoms with Crippen LogP contribution in [0.4, 0.5) is 17.2 Å². The number of carbonyl (C=O) groups excluding carboxylic acids is 2. The van der Waals surface area contributed by atoms with Crippen LogP contribution < -0.4 is 10.1 Å². The summed E-state index contributed by atoms with van der Waals surface area (Å²) in [7, 11) is 1.51. The molecule has 7 nitrogen and oxygen atoms in total. The maximum Gasteiger partial charge on any atom is 0.255 e. The summed E-state index contributed by atoms with van der Waals surface area (Å²) in [5, 5.41) is 11.1.